The van der Waals surface area contributed by atoms with Crippen LogP contribution < -0.4 is 0 Å². The van der Waals surface area contributed by atoms with Gasteiger partial charge >= 0.3 is 0 Å². The molecule has 0 spiro atoms. The molecule has 3 saturated carbocycles. The lowest BCUT2D eigenvalue weighted by atomic mass is 9.38. The molecular weight excluding hydrogens is 728 g/mol. The molecule has 2 saturated heterocycles. The highest BCUT2D eigenvalue weighted by molar-refractivity contribution is 5.88. The second-order valence-electron chi connectivity index (χ2n) is 20.1. The van der Waals surface area contributed by atoms with E-state index in [2.05, 4.69) is 47.6 Å². The highest BCUT2D eigenvalue weighted by Gasteiger charge is 2.70. The third-order valence-corrected chi connectivity index (χ3v) is 16.3. The van der Waals surface area contributed by atoms with E-state index in [1.54, 1.807) is 13.8 Å². The Labute approximate surface area is 331 Å². The number of rotatable bonds is 11. The van der Waals surface area contributed by atoms with E-state index in [9.17, 15) is 50.8 Å². The van der Waals surface area contributed by atoms with Gasteiger partial charge in [0.2, 0.25) is 0 Å². The Bertz CT molecular complexity index is 1450. The Morgan fingerprint density at radius 2 is 1.43 bits per heavy atom. The maximum Gasteiger partial charge on any atom is 0.187 e. The molecule has 14 nitrogen and oxygen atoms in total. The minimum atomic E-state index is -1.72. The van der Waals surface area contributed by atoms with E-state index in [4.69, 9.17) is 18.9 Å². The van der Waals surface area contributed by atoms with E-state index < -0.39 is 97.8 Å². The second kappa shape index (κ2) is 15.7. The van der Waals surface area contributed by atoms with Crippen molar-refractivity contribution in [2.24, 2.45) is 45.3 Å². The summed E-state index contributed by atoms with van der Waals surface area (Å²) >= 11 is 0. The monoisotopic (exact) mass is 798 g/mol. The van der Waals surface area contributed by atoms with Crippen molar-refractivity contribution in [3.8, 4) is 0 Å². The molecule has 19 atom stereocenters. The van der Waals surface area contributed by atoms with Gasteiger partial charge in [-0.1, -0.05) is 53.2 Å². The lowest BCUT2D eigenvalue weighted by molar-refractivity contribution is -0.341. The van der Waals surface area contributed by atoms with Gasteiger partial charge in [0.15, 0.2) is 12.6 Å². The van der Waals surface area contributed by atoms with Gasteiger partial charge in [-0.25, -0.2) is 0 Å². The predicted molar refractivity (Wildman–Crippen MR) is 201 cm³/mol. The smallest absolute Gasteiger partial charge is 0.187 e. The standard InChI is InChI=1S/C42H70O14/c1-20(21-15-16-40(6)26-12-10-22-23(11-13-27(44)38(22,2)3)42(26,8)28(45)17-41(21,40)7)9-14-29(39(4,5)52)56-37-35(51)33(49)31(47)25(55-37)19-53-36-34(50)32(48)30(46)24(18-43)54-36/h10,20-21,23-27,29-37,43-44,46-52H,9,11-19H2,1-8H3/t20-,21-,23-,24-,25-,26-,27+,29-,30-,31-,32+,33+,34-,35-,36-,37+,40+,41-,42+/m1/s1. The molecule has 0 amide bonds. The molecular formula is C42H70O14. The first-order valence-corrected chi connectivity index (χ1v) is 20.9. The van der Waals surface area contributed by atoms with Crippen LogP contribution in [-0.4, -0.2) is 144 Å². The molecule has 0 bridgehead atoms. The fourth-order valence-electron chi connectivity index (χ4n) is 12.3. The van der Waals surface area contributed by atoms with Crippen LogP contribution in [0.25, 0.3) is 0 Å². The number of aliphatic hydroxyl groups excluding tert-OH is 8. The second-order valence-corrected chi connectivity index (χ2v) is 20.1. The first kappa shape index (κ1) is 44.4. The summed E-state index contributed by atoms with van der Waals surface area (Å²) < 4.78 is 23.1. The highest BCUT2D eigenvalue weighted by Crippen LogP contribution is 2.74. The molecule has 9 N–H and O–H groups in total. The summed E-state index contributed by atoms with van der Waals surface area (Å²) in [7, 11) is 0. The number of carbonyl (C=O) groups excluding carboxylic acids is 1. The van der Waals surface area contributed by atoms with Gasteiger partial charge < -0.3 is 64.9 Å². The van der Waals surface area contributed by atoms with Crippen molar-refractivity contribution in [1.82, 2.24) is 0 Å². The molecule has 0 aromatic rings. The van der Waals surface area contributed by atoms with E-state index in [0.717, 1.165) is 25.7 Å². The lowest BCUT2D eigenvalue weighted by Crippen LogP contribution is -2.63. The lowest BCUT2D eigenvalue weighted by Gasteiger charge is -2.64. The minimum absolute atomic E-state index is 0.0767. The molecule has 0 radical (unpaired) electrons. The first-order valence-electron chi connectivity index (χ1n) is 20.9. The van der Waals surface area contributed by atoms with E-state index in [1.165, 1.54) is 5.57 Å². The topological polar surface area (TPSA) is 236 Å². The predicted octanol–water partition coefficient (Wildman–Crippen LogP) is 1.33. The van der Waals surface area contributed by atoms with Crippen LogP contribution >= 0.6 is 0 Å². The molecule has 0 unspecified atom stereocenters. The number of ketones is 1. The normalized spacial score (nSPS) is 49.0. The molecule has 0 aromatic heterocycles. The fraction of sp³-hybridized carbons (Fsp3) is 0.929. The van der Waals surface area contributed by atoms with Gasteiger partial charge in [-0.2, -0.15) is 0 Å². The molecule has 5 fully saturated rings. The van der Waals surface area contributed by atoms with Crippen molar-refractivity contribution in [3.05, 3.63) is 11.6 Å². The zero-order valence-corrected chi connectivity index (χ0v) is 34.5. The highest BCUT2D eigenvalue weighted by atomic mass is 16.7. The zero-order chi connectivity index (χ0) is 41.5. The molecule has 56 heavy (non-hydrogen) atoms. The number of hydrogen-bond acceptors (Lipinski definition) is 14. The molecule has 0 aromatic carbocycles. The quantitative estimate of drug-likeness (QED) is 0.134. The van der Waals surface area contributed by atoms with E-state index >= 15 is 0 Å². The van der Waals surface area contributed by atoms with Crippen molar-refractivity contribution in [2.75, 3.05) is 13.2 Å². The summed E-state index contributed by atoms with van der Waals surface area (Å²) in [6, 6.07) is 0. The van der Waals surface area contributed by atoms with E-state index in [1.807, 2.05) is 0 Å². The molecule has 6 rings (SSSR count). The summed E-state index contributed by atoms with van der Waals surface area (Å²) in [4.78, 5) is 14.6. The van der Waals surface area contributed by atoms with Gasteiger partial charge in [0, 0.05) is 17.3 Å². The van der Waals surface area contributed by atoms with Crippen molar-refractivity contribution in [3.63, 3.8) is 0 Å². The molecule has 6 aliphatic rings. The van der Waals surface area contributed by atoms with Gasteiger partial charge in [0.25, 0.3) is 0 Å². The molecule has 14 heteroatoms. The number of allylic oxidation sites excluding steroid dienone is 1. The zero-order valence-electron chi connectivity index (χ0n) is 34.5. The summed E-state index contributed by atoms with van der Waals surface area (Å²) in [6.45, 7) is 15.4. The largest absolute Gasteiger partial charge is 0.394 e. The van der Waals surface area contributed by atoms with Crippen molar-refractivity contribution >= 4 is 5.78 Å². The molecule has 2 aliphatic heterocycles. The van der Waals surface area contributed by atoms with Crippen LogP contribution in [-0.2, 0) is 23.7 Å². The van der Waals surface area contributed by atoms with Crippen LogP contribution in [0, 0.1) is 45.3 Å². The van der Waals surface area contributed by atoms with Gasteiger partial charge in [-0.15, -0.1) is 0 Å². The third-order valence-electron chi connectivity index (χ3n) is 16.3. The summed E-state index contributed by atoms with van der Waals surface area (Å²) in [5.74, 6) is 1.03. The average molecular weight is 799 g/mol. The maximum atomic E-state index is 14.6. The Morgan fingerprint density at radius 3 is 2.05 bits per heavy atom. The molecule has 4 aliphatic carbocycles. The van der Waals surface area contributed by atoms with Crippen LogP contribution in [0.3, 0.4) is 0 Å². The summed E-state index contributed by atoms with van der Waals surface area (Å²) in [6.07, 6.45) is -8.64. The Kier molecular flexibility index (Phi) is 12.5. The number of hydrogen-bond donors (Lipinski definition) is 9. The SMILES string of the molecule is C[C@H](CC[C@@H](O[C@@H]1O[C@H](CO[C@@H]2O[C@H](CO)[C@@H](O)[C@H](O)[C@H]2O)[C@@H](O)[C@H](O)[C@H]1O)C(C)(C)O)[C@H]1CC[C@@]2(C)[C@H]3CC=C4[C@@H](CC[C@H](O)C4(C)C)[C@]3(C)C(=O)C[C@]12C. The van der Waals surface area contributed by atoms with Crippen LogP contribution in [0.5, 0.6) is 0 Å². The van der Waals surface area contributed by atoms with Crippen molar-refractivity contribution in [1.29, 1.82) is 0 Å². The summed E-state index contributed by atoms with van der Waals surface area (Å²) in [5, 5.41) is 94.8. The van der Waals surface area contributed by atoms with Gasteiger partial charge in [0.05, 0.1) is 31.0 Å². The Balaban J connectivity index is 1.13. The van der Waals surface area contributed by atoms with Crippen molar-refractivity contribution in [2.45, 2.75) is 186 Å². The summed E-state index contributed by atoms with van der Waals surface area (Å²) in [5.41, 5.74) is -1.32. The van der Waals surface area contributed by atoms with Crippen LogP contribution in [0.1, 0.15) is 107 Å². The Hall–Kier alpha value is -1.11. The van der Waals surface area contributed by atoms with Crippen LogP contribution in [0.4, 0.5) is 0 Å². The third kappa shape index (κ3) is 7.17. The van der Waals surface area contributed by atoms with Crippen molar-refractivity contribution < 1.29 is 69.7 Å². The van der Waals surface area contributed by atoms with E-state index in [-0.39, 0.29) is 39.9 Å². The maximum absolute atomic E-state index is 14.6. The Morgan fingerprint density at radius 1 is 0.821 bits per heavy atom. The number of carbonyl (C=O) groups is 1. The van der Waals surface area contributed by atoms with Crippen LogP contribution in [0.15, 0.2) is 11.6 Å². The van der Waals surface area contributed by atoms with Crippen LogP contribution in [0.2, 0.25) is 0 Å². The molecule has 2 heterocycles. The molecule has 322 valence electrons. The fourth-order valence-corrected chi connectivity index (χ4v) is 12.3. The van der Waals surface area contributed by atoms with Gasteiger partial charge in [-0.05, 0) is 93.3 Å². The first-order chi connectivity index (χ1) is 25.9. The van der Waals surface area contributed by atoms with Gasteiger partial charge in [0.1, 0.15) is 54.6 Å². The number of ether oxygens (including phenoxy) is 4. The van der Waals surface area contributed by atoms with Gasteiger partial charge in [-0.3, -0.25) is 4.79 Å². The number of fused-ring (bicyclic) bond motifs is 5. The minimum Gasteiger partial charge on any atom is -0.394 e. The average Bonchev–Trinajstić information content (AvgIpc) is 3.40. The number of aliphatic hydroxyl groups is 9. The number of Topliss-reactive ketones (excluding diaryl/α,β-unsaturated/α-hetero) is 1. The van der Waals surface area contributed by atoms with E-state index in [0.29, 0.717) is 31.5 Å².